The number of fused-ring (bicyclic) bond motifs is 1. The largest absolute Gasteiger partial charge is 0.477 e. The molecule has 1 aliphatic heterocycles. The molecule has 3 aromatic rings. The molecule has 0 spiro atoms. The summed E-state index contributed by atoms with van der Waals surface area (Å²) in [5.41, 5.74) is 3.15. The Labute approximate surface area is 175 Å². The van der Waals surface area contributed by atoms with Gasteiger partial charge in [0.05, 0.1) is 23.6 Å². The van der Waals surface area contributed by atoms with Crippen LogP contribution in [0.5, 0.6) is 0 Å². The van der Waals surface area contributed by atoms with E-state index in [9.17, 15) is 18.3 Å². The number of carboxylic acid groups (broad SMARTS) is 1. The lowest BCUT2D eigenvalue weighted by Crippen LogP contribution is -2.40. The number of morpholine rings is 1. The van der Waals surface area contributed by atoms with Gasteiger partial charge in [-0.1, -0.05) is 44.2 Å². The molecule has 2 aromatic carbocycles. The number of aromatic carboxylic acids is 1. The van der Waals surface area contributed by atoms with Gasteiger partial charge in [0.15, 0.2) is 0 Å². The van der Waals surface area contributed by atoms with Crippen LogP contribution in [-0.2, 0) is 14.8 Å². The van der Waals surface area contributed by atoms with Crippen LogP contribution in [-0.4, -0.2) is 55.1 Å². The Bertz CT molecular complexity index is 1190. The average Bonchev–Trinajstić information content (AvgIpc) is 3.14. The maximum absolute atomic E-state index is 12.9. The molecule has 0 saturated carbocycles. The van der Waals surface area contributed by atoms with E-state index >= 15 is 0 Å². The molecular formula is C22H24N2O5S. The van der Waals surface area contributed by atoms with Gasteiger partial charge in [-0.2, -0.15) is 4.31 Å². The number of para-hydroxylation sites is 1. The zero-order chi connectivity index (χ0) is 21.5. The van der Waals surface area contributed by atoms with Crippen LogP contribution in [0.2, 0.25) is 0 Å². The number of aromatic amines is 1. The summed E-state index contributed by atoms with van der Waals surface area (Å²) in [7, 11) is -3.61. The van der Waals surface area contributed by atoms with Crippen molar-refractivity contribution in [2.75, 3.05) is 26.3 Å². The number of sulfonamides is 1. The van der Waals surface area contributed by atoms with Gasteiger partial charge in [0, 0.05) is 24.0 Å². The molecule has 4 rings (SSSR count). The van der Waals surface area contributed by atoms with Gasteiger partial charge in [-0.15, -0.1) is 0 Å². The first-order chi connectivity index (χ1) is 14.3. The summed E-state index contributed by atoms with van der Waals surface area (Å²) in [6.07, 6.45) is 0. The number of ether oxygens (including phenoxy) is 1. The third-order valence-corrected chi connectivity index (χ3v) is 7.37. The zero-order valence-electron chi connectivity index (χ0n) is 16.9. The van der Waals surface area contributed by atoms with Crippen molar-refractivity contribution >= 4 is 26.9 Å². The van der Waals surface area contributed by atoms with Crippen LogP contribution >= 0.6 is 0 Å². The predicted octanol–water partition coefficient (Wildman–Crippen LogP) is 3.68. The van der Waals surface area contributed by atoms with E-state index in [2.05, 4.69) is 18.8 Å². The van der Waals surface area contributed by atoms with Gasteiger partial charge in [-0.25, -0.2) is 13.2 Å². The fraction of sp³-hybridized carbons (Fsp3) is 0.318. The molecule has 1 fully saturated rings. The Hall–Kier alpha value is -2.68. The first-order valence-electron chi connectivity index (χ1n) is 9.87. The maximum atomic E-state index is 12.9. The molecule has 0 radical (unpaired) electrons. The van der Waals surface area contributed by atoms with Crippen LogP contribution in [0, 0.1) is 0 Å². The van der Waals surface area contributed by atoms with Crippen molar-refractivity contribution in [2.24, 2.45) is 0 Å². The number of aromatic nitrogens is 1. The quantitative estimate of drug-likeness (QED) is 0.646. The minimum Gasteiger partial charge on any atom is -0.477 e. The summed E-state index contributed by atoms with van der Waals surface area (Å²) in [6.45, 7) is 5.53. The minimum atomic E-state index is -3.61. The molecule has 158 valence electrons. The average molecular weight is 429 g/mol. The Morgan fingerprint density at radius 3 is 2.37 bits per heavy atom. The van der Waals surface area contributed by atoms with Crippen LogP contribution in [0.1, 0.15) is 35.8 Å². The van der Waals surface area contributed by atoms with Crippen molar-refractivity contribution in [1.29, 1.82) is 0 Å². The van der Waals surface area contributed by atoms with E-state index < -0.39 is 16.0 Å². The third-order valence-electron chi connectivity index (χ3n) is 5.45. The molecule has 0 amide bonds. The van der Waals surface area contributed by atoms with Crippen molar-refractivity contribution in [2.45, 2.75) is 24.7 Å². The molecule has 1 saturated heterocycles. The monoisotopic (exact) mass is 428 g/mol. The highest BCUT2D eigenvalue weighted by Gasteiger charge is 2.27. The van der Waals surface area contributed by atoms with E-state index in [0.717, 1.165) is 16.5 Å². The number of hydrogen-bond donors (Lipinski definition) is 2. The second-order valence-electron chi connectivity index (χ2n) is 7.65. The summed E-state index contributed by atoms with van der Waals surface area (Å²) in [6, 6.07) is 12.2. The predicted molar refractivity (Wildman–Crippen MR) is 114 cm³/mol. The Morgan fingerprint density at radius 1 is 1.10 bits per heavy atom. The molecule has 1 aromatic heterocycles. The lowest BCUT2D eigenvalue weighted by atomic mass is 9.97. The van der Waals surface area contributed by atoms with Crippen LogP contribution in [0.4, 0.5) is 0 Å². The summed E-state index contributed by atoms with van der Waals surface area (Å²) < 4.78 is 32.4. The summed E-state index contributed by atoms with van der Waals surface area (Å²) >= 11 is 0. The smallest absolute Gasteiger partial charge is 0.352 e. The van der Waals surface area contributed by atoms with Crippen molar-refractivity contribution in [1.82, 2.24) is 9.29 Å². The lowest BCUT2D eigenvalue weighted by molar-refractivity contribution is 0.0692. The highest BCUT2D eigenvalue weighted by Crippen LogP contribution is 2.36. The van der Waals surface area contributed by atoms with E-state index in [4.69, 9.17) is 4.74 Å². The topological polar surface area (TPSA) is 99.7 Å². The van der Waals surface area contributed by atoms with Crippen LogP contribution in [0.25, 0.3) is 22.0 Å². The van der Waals surface area contributed by atoms with Crippen molar-refractivity contribution in [3.8, 4) is 11.1 Å². The molecule has 2 heterocycles. The first kappa shape index (κ1) is 20.6. The van der Waals surface area contributed by atoms with Crippen LogP contribution in [0.3, 0.4) is 0 Å². The van der Waals surface area contributed by atoms with Crippen LogP contribution in [0.15, 0.2) is 47.4 Å². The molecule has 0 bridgehead atoms. The van der Waals surface area contributed by atoms with E-state index in [1.165, 1.54) is 16.4 Å². The molecule has 0 unspecified atom stereocenters. The van der Waals surface area contributed by atoms with Gasteiger partial charge >= 0.3 is 5.97 Å². The first-order valence-corrected chi connectivity index (χ1v) is 11.3. The zero-order valence-corrected chi connectivity index (χ0v) is 17.7. The highest BCUT2D eigenvalue weighted by atomic mass is 32.2. The van der Waals surface area contributed by atoms with Crippen molar-refractivity contribution in [3.05, 3.63) is 53.7 Å². The number of carboxylic acids is 1. The number of carbonyl (C=O) groups is 1. The summed E-state index contributed by atoms with van der Waals surface area (Å²) in [4.78, 5) is 15.2. The molecule has 30 heavy (non-hydrogen) atoms. The Morgan fingerprint density at radius 2 is 1.77 bits per heavy atom. The lowest BCUT2D eigenvalue weighted by Gasteiger charge is -2.26. The maximum Gasteiger partial charge on any atom is 0.352 e. The summed E-state index contributed by atoms with van der Waals surface area (Å²) in [5, 5.41) is 10.6. The van der Waals surface area contributed by atoms with Crippen LogP contribution < -0.4 is 0 Å². The van der Waals surface area contributed by atoms with Gasteiger partial charge in [-0.3, -0.25) is 0 Å². The molecule has 0 aliphatic carbocycles. The Kier molecular flexibility index (Phi) is 5.40. The summed E-state index contributed by atoms with van der Waals surface area (Å²) in [5.74, 6) is -0.830. The molecule has 2 N–H and O–H groups in total. The van der Waals surface area contributed by atoms with Gasteiger partial charge in [-0.05, 0) is 29.2 Å². The number of nitrogens with one attached hydrogen (secondary N) is 1. The number of rotatable bonds is 5. The number of hydrogen-bond acceptors (Lipinski definition) is 4. The van der Waals surface area contributed by atoms with Gasteiger partial charge < -0.3 is 14.8 Å². The second-order valence-corrected chi connectivity index (χ2v) is 9.58. The van der Waals surface area contributed by atoms with Crippen molar-refractivity contribution in [3.63, 3.8) is 0 Å². The number of nitrogens with zero attached hydrogens (tertiary/aromatic N) is 1. The van der Waals surface area contributed by atoms with E-state index in [1.807, 2.05) is 18.2 Å². The van der Waals surface area contributed by atoms with E-state index in [0.29, 0.717) is 37.4 Å². The fourth-order valence-corrected chi connectivity index (χ4v) is 5.32. The van der Waals surface area contributed by atoms with Crippen molar-refractivity contribution < 1.29 is 23.1 Å². The molecule has 0 atom stereocenters. The standard InChI is InChI=1S/C22H24N2O5S/c1-14(2)17-4-3-5-18-19(21(22(25)26)23-20(17)18)15-6-8-16(9-7-15)30(27,28)24-10-12-29-13-11-24/h3-9,14,23H,10-13H2,1-2H3,(H,25,26). The van der Waals surface area contributed by atoms with Gasteiger partial charge in [0.1, 0.15) is 5.69 Å². The normalized spacial score (nSPS) is 15.7. The Balaban J connectivity index is 1.80. The molecule has 8 heteroatoms. The number of benzene rings is 2. The molecule has 1 aliphatic rings. The van der Waals surface area contributed by atoms with E-state index in [-0.39, 0.29) is 16.5 Å². The number of H-pyrrole nitrogens is 1. The SMILES string of the molecule is CC(C)c1cccc2c(-c3ccc(S(=O)(=O)N4CCOCC4)cc3)c(C(=O)O)[nH]c12. The van der Waals surface area contributed by atoms with E-state index in [1.54, 1.807) is 12.1 Å². The van der Waals surface area contributed by atoms with Gasteiger partial charge in [0.2, 0.25) is 10.0 Å². The van der Waals surface area contributed by atoms with Gasteiger partial charge in [0.25, 0.3) is 0 Å². The molecular weight excluding hydrogens is 404 g/mol. The third kappa shape index (κ3) is 3.51. The molecule has 7 nitrogen and oxygen atoms in total. The minimum absolute atomic E-state index is 0.0990. The highest BCUT2D eigenvalue weighted by molar-refractivity contribution is 7.89. The second kappa shape index (κ2) is 7.86. The fourth-order valence-electron chi connectivity index (χ4n) is 3.91.